The summed E-state index contributed by atoms with van der Waals surface area (Å²) in [5.41, 5.74) is 3.12. The number of aryl methyl sites for hydroxylation is 1. The predicted octanol–water partition coefficient (Wildman–Crippen LogP) is 3.07. The molecule has 0 bridgehead atoms. The lowest BCUT2D eigenvalue weighted by Crippen LogP contribution is -2.30. The first kappa shape index (κ1) is 19.2. The van der Waals surface area contributed by atoms with E-state index in [9.17, 15) is 14.4 Å². The Morgan fingerprint density at radius 2 is 1.46 bits per heavy atom. The summed E-state index contributed by atoms with van der Waals surface area (Å²) in [5.74, 6) is -1.04. The van der Waals surface area contributed by atoms with E-state index in [1.165, 1.54) is 13.8 Å². The second kappa shape index (κ2) is 8.80. The Bertz CT molecular complexity index is 782. The van der Waals surface area contributed by atoms with Crippen molar-refractivity contribution in [2.24, 2.45) is 0 Å². The number of rotatable bonds is 6. The molecule has 0 saturated carbocycles. The van der Waals surface area contributed by atoms with Crippen LogP contribution in [-0.4, -0.2) is 23.9 Å². The van der Waals surface area contributed by atoms with Gasteiger partial charge in [-0.2, -0.15) is 0 Å². The van der Waals surface area contributed by atoms with E-state index < -0.39 is 12.1 Å². The fourth-order valence-electron chi connectivity index (χ4n) is 2.25. The maximum absolute atomic E-state index is 12.1. The van der Waals surface area contributed by atoms with Crippen LogP contribution in [0.5, 0.6) is 0 Å². The molecule has 0 unspecified atom stereocenters. The smallest absolute Gasteiger partial charge is 0.311 e. The van der Waals surface area contributed by atoms with Crippen LogP contribution in [0.4, 0.5) is 11.4 Å². The Morgan fingerprint density at radius 1 is 0.923 bits per heavy atom. The molecule has 136 valence electrons. The average Bonchev–Trinajstić information content (AvgIpc) is 2.58. The number of nitrogens with one attached hydrogen (secondary N) is 2. The van der Waals surface area contributed by atoms with E-state index in [1.807, 2.05) is 19.1 Å². The topological polar surface area (TPSA) is 84.5 Å². The van der Waals surface area contributed by atoms with E-state index in [0.717, 1.165) is 11.1 Å². The lowest BCUT2D eigenvalue weighted by atomic mass is 10.1. The number of amides is 2. The minimum atomic E-state index is -0.901. The van der Waals surface area contributed by atoms with Crippen molar-refractivity contribution in [1.29, 1.82) is 0 Å². The average molecular weight is 354 g/mol. The SMILES string of the molecule is CC(=O)Nc1ccc(CC(=O)O[C@H](C)C(=O)Nc2ccc(C)cc2)cc1. The van der Waals surface area contributed by atoms with Gasteiger partial charge in [0.25, 0.3) is 5.91 Å². The van der Waals surface area contributed by atoms with E-state index in [1.54, 1.807) is 36.4 Å². The van der Waals surface area contributed by atoms with Gasteiger partial charge >= 0.3 is 5.97 Å². The normalized spacial score (nSPS) is 11.3. The third-order valence-electron chi connectivity index (χ3n) is 3.62. The molecule has 6 nitrogen and oxygen atoms in total. The molecule has 2 rings (SSSR count). The summed E-state index contributed by atoms with van der Waals surface area (Å²) >= 11 is 0. The van der Waals surface area contributed by atoms with Gasteiger partial charge in [-0.25, -0.2) is 0 Å². The lowest BCUT2D eigenvalue weighted by molar-refractivity contribution is -0.152. The molecule has 2 amide bonds. The summed E-state index contributed by atoms with van der Waals surface area (Å²) in [6.45, 7) is 4.91. The maximum Gasteiger partial charge on any atom is 0.311 e. The Balaban J connectivity index is 1.85. The third-order valence-corrected chi connectivity index (χ3v) is 3.62. The molecule has 1 atom stereocenters. The number of hydrogen-bond donors (Lipinski definition) is 2. The van der Waals surface area contributed by atoms with E-state index in [-0.39, 0.29) is 18.2 Å². The van der Waals surface area contributed by atoms with Gasteiger partial charge in [0.1, 0.15) is 0 Å². The summed E-state index contributed by atoms with van der Waals surface area (Å²) in [6, 6.07) is 14.2. The van der Waals surface area contributed by atoms with Crippen molar-refractivity contribution < 1.29 is 19.1 Å². The van der Waals surface area contributed by atoms with Gasteiger partial charge in [0.05, 0.1) is 6.42 Å². The first-order chi connectivity index (χ1) is 12.3. The zero-order valence-electron chi connectivity index (χ0n) is 15.0. The Labute approximate surface area is 152 Å². The molecular formula is C20H22N2O4. The van der Waals surface area contributed by atoms with Crippen LogP contribution in [0.3, 0.4) is 0 Å². The number of carbonyl (C=O) groups is 3. The van der Waals surface area contributed by atoms with Crippen LogP contribution in [0.25, 0.3) is 0 Å². The van der Waals surface area contributed by atoms with Gasteiger partial charge in [-0.1, -0.05) is 29.8 Å². The van der Waals surface area contributed by atoms with Crippen LogP contribution in [0, 0.1) is 6.92 Å². The summed E-state index contributed by atoms with van der Waals surface area (Å²) in [7, 11) is 0. The van der Waals surface area contributed by atoms with Crippen molar-refractivity contribution in [2.75, 3.05) is 10.6 Å². The molecule has 0 aliphatic heterocycles. The highest BCUT2D eigenvalue weighted by molar-refractivity contribution is 5.95. The van der Waals surface area contributed by atoms with Crippen molar-refractivity contribution in [2.45, 2.75) is 33.3 Å². The minimum absolute atomic E-state index is 0.0441. The first-order valence-electron chi connectivity index (χ1n) is 8.27. The maximum atomic E-state index is 12.1. The van der Waals surface area contributed by atoms with E-state index in [2.05, 4.69) is 10.6 Å². The summed E-state index contributed by atoms with van der Waals surface area (Å²) in [4.78, 5) is 35.1. The Morgan fingerprint density at radius 3 is 2.04 bits per heavy atom. The summed E-state index contributed by atoms with van der Waals surface area (Å²) in [6.07, 6.45) is -0.856. The van der Waals surface area contributed by atoms with Gasteiger partial charge in [-0.05, 0) is 43.7 Å². The molecular weight excluding hydrogens is 332 g/mol. The number of carbonyl (C=O) groups excluding carboxylic acids is 3. The third kappa shape index (κ3) is 6.05. The predicted molar refractivity (Wildman–Crippen MR) is 99.8 cm³/mol. The van der Waals surface area contributed by atoms with Crippen molar-refractivity contribution >= 4 is 29.2 Å². The number of ether oxygens (including phenoxy) is 1. The van der Waals surface area contributed by atoms with E-state index in [0.29, 0.717) is 11.4 Å². The number of hydrogen-bond acceptors (Lipinski definition) is 4. The number of benzene rings is 2. The first-order valence-corrected chi connectivity index (χ1v) is 8.27. The fourth-order valence-corrected chi connectivity index (χ4v) is 2.25. The van der Waals surface area contributed by atoms with Gasteiger partial charge in [0.15, 0.2) is 6.10 Å². The van der Waals surface area contributed by atoms with E-state index >= 15 is 0 Å². The Hall–Kier alpha value is -3.15. The van der Waals surface area contributed by atoms with Crippen LogP contribution in [0.2, 0.25) is 0 Å². The van der Waals surface area contributed by atoms with Crippen LogP contribution in [0.15, 0.2) is 48.5 Å². The van der Waals surface area contributed by atoms with Crippen molar-refractivity contribution in [3.05, 3.63) is 59.7 Å². The van der Waals surface area contributed by atoms with Gasteiger partial charge in [0.2, 0.25) is 5.91 Å². The van der Waals surface area contributed by atoms with Crippen molar-refractivity contribution in [3.8, 4) is 0 Å². The summed E-state index contributed by atoms with van der Waals surface area (Å²) < 4.78 is 5.19. The molecule has 0 radical (unpaired) electrons. The van der Waals surface area contributed by atoms with Crippen LogP contribution in [0.1, 0.15) is 25.0 Å². The van der Waals surface area contributed by atoms with Gasteiger partial charge in [0, 0.05) is 18.3 Å². The largest absolute Gasteiger partial charge is 0.452 e. The molecule has 0 fully saturated rings. The minimum Gasteiger partial charge on any atom is -0.452 e. The van der Waals surface area contributed by atoms with E-state index in [4.69, 9.17) is 4.74 Å². The monoisotopic (exact) mass is 354 g/mol. The molecule has 0 spiro atoms. The molecule has 2 aromatic carbocycles. The lowest BCUT2D eigenvalue weighted by Gasteiger charge is -2.14. The van der Waals surface area contributed by atoms with Crippen LogP contribution in [-0.2, 0) is 25.5 Å². The van der Waals surface area contributed by atoms with Crippen molar-refractivity contribution in [3.63, 3.8) is 0 Å². The molecule has 6 heteroatoms. The van der Waals surface area contributed by atoms with Gasteiger partial charge < -0.3 is 15.4 Å². The molecule has 26 heavy (non-hydrogen) atoms. The van der Waals surface area contributed by atoms with Crippen molar-refractivity contribution in [1.82, 2.24) is 0 Å². The number of anilines is 2. The molecule has 0 heterocycles. The van der Waals surface area contributed by atoms with Crippen LogP contribution >= 0.6 is 0 Å². The van der Waals surface area contributed by atoms with Gasteiger partial charge in [-0.3, -0.25) is 14.4 Å². The quantitative estimate of drug-likeness (QED) is 0.781. The zero-order chi connectivity index (χ0) is 19.1. The number of esters is 1. The Kier molecular flexibility index (Phi) is 6.49. The summed E-state index contributed by atoms with van der Waals surface area (Å²) in [5, 5.41) is 5.36. The molecule has 0 aliphatic carbocycles. The fraction of sp³-hybridized carbons (Fsp3) is 0.250. The molecule has 0 aromatic heterocycles. The van der Waals surface area contributed by atoms with Crippen LogP contribution < -0.4 is 10.6 Å². The highest BCUT2D eigenvalue weighted by Gasteiger charge is 2.18. The highest BCUT2D eigenvalue weighted by Crippen LogP contribution is 2.12. The van der Waals surface area contributed by atoms with Gasteiger partial charge in [-0.15, -0.1) is 0 Å². The second-order valence-corrected chi connectivity index (χ2v) is 6.04. The molecule has 0 aliphatic rings. The zero-order valence-corrected chi connectivity index (χ0v) is 15.0. The second-order valence-electron chi connectivity index (χ2n) is 6.04. The molecule has 2 aromatic rings. The molecule has 2 N–H and O–H groups in total. The highest BCUT2D eigenvalue weighted by atomic mass is 16.5. The standard InChI is InChI=1S/C20H22N2O4/c1-13-4-8-18(9-5-13)22-20(25)14(2)26-19(24)12-16-6-10-17(11-7-16)21-15(3)23/h4-11,14H,12H2,1-3H3,(H,21,23)(H,22,25)/t14-/m1/s1. The molecule has 0 saturated heterocycles.